The Morgan fingerprint density at radius 2 is 1.56 bits per heavy atom. The lowest BCUT2D eigenvalue weighted by Crippen LogP contribution is -2.50. The summed E-state index contributed by atoms with van der Waals surface area (Å²) in [6.45, 7) is 1.71. The first-order valence-electron chi connectivity index (χ1n) is 11.3. The largest absolute Gasteiger partial charge is 0.497 e. The molecule has 0 heterocycles. The maximum Gasteiger partial charge on any atom is 0.242 e. The molecule has 1 unspecified atom stereocenters. The summed E-state index contributed by atoms with van der Waals surface area (Å²) in [7, 11) is 2.43. The highest BCUT2D eigenvalue weighted by atomic mass is 32.2. The van der Waals surface area contributed by atoms with Gasteiger partial charge in [-0.2, -0.15) is 4.31 Å². The van der Waals surface area contributed by atoms with Gasteiger partial charge in [0.25, 0.3) is 0 Å². The molecule has 2 aromatic rings. The van der Waals surface area contributed by atoms with E-state index >= 15 is 0 Å². The van der Waals surface area contributed by atoms with E-state index in [1.807, 2.05) is 12.1 Å². The van der Waals surface area contributed by atoms with E-state index in [0.717, 1.165) is 21.7 Å². The van der Waals surface area contributed by atoms with Gasteiger partial charge in [0, 0.05) is 20.1 Å². The van der Waals surface area contributed by atoms with Gasteiger partial charge in [-0.1, -0.05) is 18.2 Å². The number of carbonyl (C=O) groups excluding carboxylic acids is 2. The Kier molecular flexibility index (Phi) is 10.5. The Morgan fingerprint density at radius 1 is 0.944 bits per heavy atom. The number of ether oxygens (including phenoxy) is 3. The minimum Gasteiger partial charge on any atom is -0.497 e. The van der Waals surface area contributed by atoms with Crippen LogP contribution < -0.4 is 19.5 Å². The van der Waals surface area contributed by atoms with Crippen LogP contribution in [0.25, 0.3) is 0 Å². The Labute approximate surface area is 213 Å². The summed E-state index contributed by atoms with van der Waals surface area (Å²) in [5.74, 6) is 1.04. The van der Waals surface area contributed by atoms with Crippen molar-refractivity contribution < 1.29 is 32.2 Å². The Morgan fingerprint density at radius 3 is 2.11 bits per heavy atom. The van der Waals surface area contributed by atoms with E-state index in [-0.39, 0.29) is 19.0 Å². The van der Waals surface area contributed by atoms with Crippen LogP contribution in [0.2, 0.25) is 0 Å². The number of rotatable bonds is 13. The zero-order chi connectivity index (χ0) is 26.9. The molecule has 1 atom stereocenters. The lowest BCUT2D eigenvalue weighted by Gasteiger charge is -2.30. The maximum atomic E-state index is 13.1. The van der Waals surface area contributed by atoms with Gasteiger partial charge in [-0.05, 0) is 48.7 Å². The topological polar surface area (TPSA) is 114 Å². The molecule has 0 saturated heterocycles. The summed E-state index contributed by atoms with van der Waals surface area (Å²) in [6.07, 6.45) is 1.57. The standard InChI is InChI=1S/C25H35N3O7S/c1-18(25(30)26-14-13-19-9-12-22(34-4)23(15-19)35-5)28(24(29)17-27(2)36(6,31)32)16-20-7-10-21(33-3)11-8-20/h7-12,15,18H,13-14,16-17H2,1-6H3,(H,26,30). The minimum absolute atomic E-state index is 0.130. The number of methoxy groups -OCH3 is 3. The van der Waals surface area contributed by atoms with Gasteiger partial charge in [0.1, 0.15) is 11.8 Å². The molecule has 2 aromatic carbocycles. The molecule has 0 aliphatic carbocycles. The molecule has 11 heteroatoms. The summed E-state index contributed by atoms with van der Waals surface area (Å²) in [5, 5.41) is 2.86. The average Bonchev–Trinajstić information content (AvgIpc) is 2.86. The second-order valence-corrected chi connectivity index (χ2v) is 10.4. The fraction of sp³-hybridized carbons (Fsp3) is 0.440. The number of carbonyl (C=O) groups is 2. The van der Waals surface area contributed by atoms with Crippen molar-refractivity contribution in [3.8, 4) is 17.2 Å². The van der Waals surface area contributed by atoms with E-state index < -0.39 is 22.0 Å². The molecule has 0 saturated carbocycles. The molecule has 1 N–H and O–H groups in total. The average molecular weight is 522 g/mol. The first-order chi connectivity index (χ1) is 17.0. The number of hydrogen-bond acceptors (Lipinski definition) is 7. The second-order valence-electron chi connectivity index (χ2n) is 8.30. The van der Waals surface area contributed by atoms with Gasteiger partial charge < -0.3 is 24.4 Å². The Bertz CT molecular complexity index is 1140. The van der Waals surface area contributed by atoms with Crippen LogP contribution in [0.3, 0.4) is 0 Å². The predicted octanol–water partition coefficient (Wildman–Crippen LogP) is 1.68. The zero-order valence-electron chi connectivity index (χ0n) is 21.6. The fourth-order valence-corrected chi connectivity index (χ4v) is 3.77. The molecular weight excluding hydrogens is 486 g/mol. The van der Waals surface area contributed by atoms with Crippen molar-refractivity contribution in [2.45, 2.75) is 25.9 Å². The third-order valence-electron chi connectivity index (χ3n) is 5.76. The molecule has 0 bridgehead atoms. The van der Waals surface area contributed by atoms with Crippen molar-refractivity contribution >= 4 is 21.8 Å². The molecule has 2 rings (SSSR count). The molecule has 198 valence electrons. The molecule has 0 fully saturated rings. The minimum atomic E-state index is -3.57. The van der Waals surface area contributed by atoms with Crippen molar-refractivity contribution in [3.63, 3.8) is 0 Å². The van der Waals surface area contributed by atoms with E-state index in [2.05, 4.69) is 5.32 Å². The van der Waals surface area contributed by atoms with Crippen LogP contribution in [0.15, 0.2) is 42.5 Å². The van der Waals surface area contributed by atoms with Gasteiger partial charge in [-0.15, -0.1) is 0 Å². The number of hydrogen-bond donors (Lipinski definition) is 1. The smallest absolute Gasteiger partial charge is 0.242 e. The number of nitrogens with zero attached hydrogens (tertiary/aromatic N) is 2. The number of amides is 2. The number of sulfonamides is 1. The van der Waals surface area contributed by atoms with Crippen LogP contribution in [0.4, 0.5) is 0 Å². The summed E-state index contributed by atoms with van der Waals surface area (Å²) in [4.78, 5) is 27.4. The van der Waals surface area contributed by atoms with Crippen LogP contribution in [0, 0.1) is 0 Å². The molecule has 0 aliphatic heterocycles. The monoisotopic (exact) mass is 521 g/mol. The highest BCUT2D eigenvalue weighted by Crippen LogP contribution is 2.27. The second kappa shape index (κ2) is 13.1. The lowest BCUT2D eigenvalue weighted by molar-refractivity contribution is -0.140. The van der Waals surface area contributed by atoms with Crippen molar-refractivity contribution in [2.24, 2.45) is 0 Å². The van der Waals surface area contributed by atoms with E-state index in [1.165, 1.54) is 11.9 Å². The number of benzene rings is 2. The molecule has 10 nitrogen and oxygen atoms in total. The van der Waals surface area contributed by atoms with Gasteiger partial charge in [-0.25, -0.2) is 8.42 Å². The van der Waals surface area contributed by atoms with Crippen molar-refractivity contribution in [3.05, 3.63) is 53.6 Å². The van der Waals surface area contributed by atoms with Crippen molar-refractivity contribution in [2.75, 3.05) is 47.7 Å². The van der Waals surface area contributed by atoms with E-state index in [9.17, 15) is 18.0 Å². The lowest BCUT2D eigenvalue weighted by atomic mass is 10.1. The molecule has 0 aromatic heterocycles. The van der Waals surface area contributed by atoms with Crippen molar-refractivity contribution in [1.82, 2.24) is 14.5 Å². The molecule has 2 amide bonds. The third-order valence-corrected chi connectivity index (χ3v) is 7.03. The highest BCUT2D eigenvalue weighted by molar-refractivity contribution is 7.88. The third kappa shape index (κ3) is 8.13. The summed E-state index contributed by atoms with van der Waals surface area (Å²) in [6, 6.07) is 11.8. The van der Waals surface area contributed by atoms with E-state index in [4.69, 9.17) is 14.2 Å². The van der Waals surface area contributed by atoms with Crippen LogP contribution in [0.1, 0.15) is 18.1 Å². The first-order valence-corrected chi connectivity index (χ1v) is 13.2. The van der Waals surface area contributed by atoms with Gasteiger partial charge in [0.05, 0.1) is 34.1 Å². The quantitative estimate of drug-likeness (QED) is 0.427. The van der Waals surface area contributed by atoms with E-state index in [1.54, 1.807) is 58.6 Å². The Hall–Kier alpha value is -3.31. The normalized spacial score (nSPS) is 12.1. The van der Waals surface area contributed by atoms with Gasteiger partial charge in [0.15, 0.2) is 11.5 Å². The summed E-state index contributed by atoms with van der Waals surface area (Å²) >= 11 is 0. The van der Waals surface area contributed by atoms with Gasteiger partial charge in [-0.3, -0.25) is 9.59 Å². The molecular formula is C25H35N3O7S. The number of likely N-dealkylation sites (N-methyl/N-ethyl adjacent to an activating group) is 1. The molecule has 0 aliphatic rings. The van der Waals surface area contributed by atoms with Crippen LogP contribution in [-0.4, -0.2) is 83.2 Å². The fourth-order valence-electron chi connectivity index (χ4n) is 3.42. The molecule has 0 spiro atoms. The predicted molar refractivity (Wildman–Crippen MR) is 137 cm³/mol. The highest BCUT2D eigenvalue weighted by Gasteiger charge is 2.28. The van der Waals surface area contributed by atoms with E-state index in [0.29, 0.717) is 30.2 Å². The van der Waals surface area contributed by atoms with Crippen LogP contribution >= 0.6 is 0 Å². The van der Waals surface area contributed by atoms with Crippen molar-refractivity contribution in [1.29, 1.82) is 0 Å². The first kappa shape index (κ1) is 28.9. The summed E-state index contributed by atoms with van der Waals surface area (Å²) in [5.41, 5.74) is 1.72. The van der Waals surface area contributed by atoms with Crippen LogP contribution in [-0.2, 0) is 32.6 Å². The van der Waals surface area contributed by atoms with Gasteiger partial charge in [0.2, 0.25) is 21.8 Å². The zero-order valence-corrected chi connectivity index (χ0v) is 22.4. The van der Waals surface area contributed by atoms with Gasteiger partial charge >= 0.3 is 0 Å². The Balaban J connectivity index is 2.11. The maximum absolute atomic E-state index is 13.1. The SMILES string of the molecule is COc1ccc(CN(C(=O)CN(C)S(C)(=O)=O)C(C)C(=O)NCCc2ccc(OC)c(OC)c2)cc1. The summed E-state index contributed by atoms with van der Waals surface area (Å²) < 4.78 is 40.3. The van der Waals surface area contributed by atoms with Crippen LogP contribution in [0.5, 0.6) is 17.2 Å². The number of nitrogens with one attached hydrogen (secondary N) is 1. The molecule has 36 heavy (non-hydrogen) atoms. The molecule has 0 radical (unpaired) electrons.